The summed E-state index contributed by atoms with van der Waals surface area (Å²) in [6, 6.07) is 14.8. The molecule has 2 heterocycles. The van der Waals surface area contributed by atoms with Gasteiger partial charge in [-0.2, -0.15) is 0 Å². The number of benzene rings is 2. The Bertz CT molecular complexity index is 986. The summed E-state index contributed by atoms with van der Waals surface area (Å²) in [4.78, 5) is 18.2. The van der Waals surface area contributed by atoms with E-state index >= 15 is 0 Å². The molecule has 3 aromatic rings. The highest BCUT2D eigenvalue weighted by molar-refractivity contribution is 6.06. The molecule has 0 bridgehead atoms. The van der Waals surface area contributed by atoms with Gasteiger partial charge in [-0.15, -0.1) is 0 Å². The molecule has 0 radical (unpaired) electrons. The Kier molecular flexibility index (Phi) is 5.18. The van der Waals surface area contributed by atoms with Crippen LogP contribution in [0.4, 0.5) is 10.1 Å². The minimum absolute atomic E-state index is 0.270. The van der Waals surface area contributed by atoms with Gasteiger partial charge < -0.3 is 15.2 Å². The highest BCUT2D eigenvalue weighted by atomic mass is 19.1. The molecule has 28 heavy (non-hydrogen) atoms. The molecule has 2 aromatic carbocycles. The Labute approximate surface area is 164 Å². The van der Waals surface area contributed by atoms with E-state index in [1.54, 1.807) is 12.1 Å². The van der Waals surface area contributed by atoms with Crippen LogP contribution in [0.5, 0.6) is 0 Å². The number of carbonyl (C=O) groups is 1. The van der Waals surface area contributed by atoms with Crippen molar-refractivity contribution in [1.82, 2.24) is 9.88 Å². The molecule has 0 spiro atoms. The monoisotopic (exact) mass is 379 g/mol. The van der Waals surface area contributed by atoms with Crippen molar-refractivity contribution < 1.29 is 9.18 Å². The first-order valence-corrected chi connectivity index (χ1v) is 9.93. The van der Waals surface area contributed by atoms with Gasteiger partial charge in [0, 0.05) is 22.6 Å². The molecule has 5 heteroatoms. The van der Waals surface area contributed by atoms with Crippen LogP contribution in [0.25, 0.3) is 10.9 Å². The van der Waals surface area contributed by atoms with E-state index in [-0.39, 0.29) is 11.7 Å². The van der Waals surface area contributed by atoms with Crippen molar-refractivity contribution in [2.45, 2.75) is 38.6 Å². The normalized spacial score (nSPS) is 16.0. The summed E-state index contributed by atoms with van der Waals surface area (Å²) in [7, 11) is 0. The Morgan fingerprint density at radius 2 is 1.93 bits per heavy atom. The molecule has 2 N–H and O–H groups in total. The second-order valence-electron chi connectivity index (χ2n) is 7.90. The van der Waals surface area contributed by atoms with Crippen LogP contribution in [0.15, 0.2) is 48.5 Å². The maximum Gasteiger partial charge on any atom is 0.272 e. The number of likely N-dealkylation sites (tertiary alicyclic amines) is 1. The highest BCUT2D eigenvalue weighted by Gasteiger charge is 2.22. The number of rotatable bonds is 4. The number of fused-ring (bicyclic) bond motifs is 1. The van der Waals surface area contributed by atoms with Crippen LogP contribution >= 0.6 is 0 Å². The van der Waals surface area contributed by atoms with Crippen molar-refractivity contribution in [2.75, 3.05) is 18.4 Å². The largest absolute Gasteiger partial charge is 0.351 e. The zero-order valence-corrected chi connectivity index (χ0v) is 16.3. The number of hydrogen-bond acceptors (Lipinski definition) is 2. The van der Waals surface area contributed by atoms with Crippen LogP contribution in [0.3, 0.4) is 0 Å². The lowest BCUT2D eigenvalue weighted by Crippen LogP contribution is -2.37. The molecule has 1 saturated heterocycles. The van der Waals surface area contributed by atoms with Crippen LogP contribution in [0.1, 0.15) is 48.7 Å². The molecule has 1 aliphatic heterocycles. The predicted octanol–water partition coefficient (Wildman–Crippen LogP) is 5.15. The summed E-state index contributed by atoms with van der Waals surface area (Å²) in [6.45, 7) is 6.77. The number of aromatic amines is 1. The Morgan fingerprint density at radius 1 is 1.14 bits per heavy atom. The van der Waals surface area contributed by atoms with Gasteiger partial charge in [-0.3, -0.25) is 4.79 Å². The summed E-state index contributed by atoms with van der Waals surface area (Å²) in [5.74, 6) is -0.0740. The summed E-state index contributed by atoms with van der Waals surface area (Å²) in [6.07, 6.45) is 2.34. The Hall–Kier alpha value is -2.66. The third-order valence-corrected chi connectivity index (χ3v) is 5.70. The van der Waals surface area contributed by atoms with E-state index in [1.807, 2.05) is 6.07 Å². The number of halogens is 1. The Balaban J connectivity index is 1.49. The molecule has 4 nitrogen and oxygen atoms in total. The van der Waals surface area contributed by atoms with Gasteiger partial charge in [0.25, 0.3) is 5.91 Å². The number of nitrogens with zero attached hydrogens (tertiary/aromatic N) is 1. The lowest BCUT2D eigenvalue weighted by molar-refractivity contribution is 0.102. The van der Waals surface area contributed by atoms with Gasteiger partial charge in [0.2, 0.25) is 0 Å². The second-order valence-corrected chi connectivity index (χ2v) is 7.90. The molecule has 1 aromatic heterocycles. The van der Waals surface area contributed by atoms with E-state index in [2.05, 4.69) is 47.2 Å². The first kappa shape index (κ1) is 18.7. The number of nitrogens with one attached hydrogen (secondary N) is 2. The molecule has 1 aliphatic rings. The number of anilines is 1. The van der Waals surface area contributed by atoms with Crippen molar-refractivity contribution in [1.29, 1.82) is 0 Å². The minimum atomic E-state index is -0.373. The van der Waals surface area contributed by atoms with E-state index in [1.165, 1.54) is 30.5 Å². The van der Waals surface area contributed by atoms with Gasteiger partial charge in [-0.05, 0) is 87.7 Å². The fourth-order valence-electron chi connectivity index (χ4n) is 4.04. The van der Waals surface area contributed by atoms with Crippen LogP contribution < -0.4 is 5.32 Å². The van der Waals surface area contributed by atoms with E-state index in [4.69, 9.17) is 0 Å². The molecular formula is C23H26FN3O. The van der Waals surface area contributed by atoms with Crippen molar-refractivity contribution in [3.63, 3.8) is 0 Å². The number of hydrogen-bond donors (Lipinski definition) is 2. The average molecular weight is 379 g/mol. The first-order chi connectivity index (χ1) is 13.5. The predicted molar refractivity (Wildman–Crippen MR) is 111 cm³/mol. The second kappa shape index (κ2) is 7.76. The standard InChI is InChI=1S/C23H26FN3O/c1-15(2)27-10-8-16(9-11-27)17-6-7-21-18(12-17)13-22(26-21)23(28)25-20-5-3-4-19(24)14-20/h3-7,12-16,26H,8-11H2,1-2H3,(H,25,28). The zero-order valence-electron chi connectivity index (χ0n) is 16.3. The quantitative estimate of drug-likeness (QED) is 0.659. The van der Waals surface area contributed by atoms with Crippen LogP contribution in [0.2, 0.25) is 0 Å². The first-order valence-electron chi connectivity index (χ1n) is 9.93. The van der Waals surface area contributed by atoms with Gasteiger partial charge in [-0.1, -0.05) is 12.1 Å². The lowest BCUT2D eigenvalue weighted by Gasteiger charge is -2.34. The maximum absolute atomic E-state index is 13.3. The summed E-state index contributed by atoms with van der Waals surface area (Å²) >= 11 is 0. The third kappa shape index (κ3) is 3.94. The van der Waals surface area contributed by atoms with Crippen LogP contribution in [-0.4, -0.2) is 34.9 Å². The van der Waals surface area contributed by atoms with E-state index in [0.29, 0.717) is 23.3 Å². The zero-order chi connectivity index (χ0) is 19.7. The molecule has 1 amide bonds. The van der Waals surface area contributed by atoms with E-state index in [0.717, 1.165) is 24.0 Å². The molecular weight excluding hydrogens is 353 g/mol. The van der Waals surface area contributed by atoms with Gasteiger partial charge >= 0.3 is 0 Å². The maximum atomic E-state index is 13.3. The van der Waals surface area contributed by atoms with Crippen molar-refractivity contribution in [3.05, 3.63) is 65.6 Å². The Morgan fingerprint density at radius 3 is 2.64 bits per heavy atom. The van der Waals surface area contributed by atoms with Crippen molar-refractivity contribution in [3.8, 4) is 0 Å². The van der Waals surface area contributed by atoms with Gasteiger partial charge in [0.05, 0.1) is 0 Å². The average Bonchev–Trinajstić information content (AvgIpc) is 3.11. The molecule has 0 saturated carbocycles. The van der Waals surface area contributed by atoms with Gasteiger partial charge in [0.15, 0.2) is 0 Å². The molecule has 146 valence electrons. The lowest BCUT2D eigenvalue weighted by atomic mass is 9.88. The SMILES string of the molecule is CC(C)N1CCC(c2ccc3[nH]c(C(=O)Nc4cccc(F)c4)cc3c2)CC1. The summed E-state index contributed by atoms with van der Waals surface area (Å²) < 4.78 is 13.3. The highest BCUT2D eigenvalue weighted by Crippen LogP contribution is 2.31. The smallest absolute Gasteiger partial charge is 0.272 e. The van der Waals surface area contributed by atoms with E-state index in [9.17, 15) is 9.18 Å². The third-order valence-electron chi connectivity index (χ3n) is 5.70. The van der Waals surface area contributed by atoms with Crippen LogP contribution in [-0.2, 0) is 0 Å². The fourth-order valence-corrected chi connectivity index (χ4v) is 4.04. The van der Waals surface area contributed by atoms with Gasteiger partial charge in [-0.25, -0.2) is 4.39 Å². The van der Waals surface area contributed by atoms with E-state index < -0.39 is 0 Å². The minimum Gasteiger partial charge on any atom is -0.351 e. The number of piperidine rings is 1. The molecule has 1 fully saturated rings. The molecule has 4 rings (SSSR count). The topological polar surface area (TPSA) is 48.1 Å². The van der Waals surface area contributed by atoms with Gasteiger partial charge in [0.1, 0.15) is 11.5 Å². The van der Waals surface area contributed by atoms with Crippen LogP contribution in [0, 0.1) is 5.82 Å². The fraction of sp³-hybridized carbons (Fsp3) is 0.348. The number of aromatic nitrogens is 1. The summed E-state index contributed by atoms with van der Waals surface area (Å²) in [5.41, 5.74) is 3.20. The van der Waals surface area contributed by atoms with Crippen molar-refractivity contribution >= 4 is 22.5 Å². The number of carbonyl (C=O) groups excluding carboxylic acids is 1. The molecule has 0 atom stereocenters. The summed E-state index contributed by atoms with van der Waals surface area (Å²) in [5, 5.41) is 3.77. The molecule has 0 aliphatic carbocycles. The van der Waals surface area contributed by atoms with Crippen molar-refractivity contribution in [2.24, 2.45) is 0 Å². The number of amides is 1. The molecule has 0 unspecified atom stereocenters. The number of H-pyrrole nitrogens is 1.